The van der Waals surface area contributed by atoms with Crippen molar-refractivity contribution in [2.75, 3.05) is 0 Å². The van der Waals surface area contributed by atoms with Crippen LogP contribution in [0, 0.1) is 0 Å². The Labute approximate surface area is 125 Å². The minimum absolute atomic E-state index is 0.750. The molecule has 22 heavy (non-hydrogen) atoms. The van der Waals surface area contributed by atoms with Gasteiger partial charge < -0.3 is 8.94 Å². The molecule has 3 nitrogen and oxygen atoms in total. The Hall–Kier alpha value is -3.07. The molecule has 0 saturated carbocycles. The molecule has 0 aliphatic heterocycles. The van der Waals surface area contributed by atoms with Gasteiger partial charge in [-0.05, 0) is 18.2 Å². The van der Waals surface area contributed by atoms with Crippen molar-refractivity contribution >= 4 is 32.8 Å². The molecule has 0 spiro atoms. The zero-order valence-corrected chi connectivity index (χ0v) is 11.6. The van der Waals surface area contributed by atoms with Gasteiger partial charge in [0.25, 0.3) is 0 Å². The maximum atomic E-state index is 6.09. The second kappa shape index (κ2) is 4.21. The highest BCUT2D eigenvalue weighted by Crippen LogP contribution is 2.38. The van der Waals surface area contributed by atoms with Crippen molar-refractivity contribution in [1.29, 1.82) is 0 Å². The summed E-state index contributed by atoms with van der Waals surface area (Å²) in [4.78, 5) is 0. The van der Waals surface area contributed by atoms with E-state index in [1.165, 1.54) is 0 Å². The van der Waals surface area contributed by atoms with Crippen molar-refractivity contribution in [2.24, 2.45) is 0 Å². The third-order valence-electron chi connectivity index (χ3n) is 4.02. The van der Waals surface area contributed by atoms with E-state index in [4.69, 9.17) is 8.94 Å². The fraction of sp³-hybridized carbons (Fsp3) is 0. The lowest BCUT2D eigenvalue weighted by atomic mass is 10.1. The molecule has 2 heterocycles. The number of nitrogens with zero attached hydrogens (tertiary/aromatic N) is 1. The van der Waals surface area contributed by atoms with Crippen LogP contribution in [-0.2, 0) is 0 Å². The van der Waals surface area contributed by atoms with Crippen LogP contribution in [0.5, 0.6) is 0 Å². The van der Waals surface area contributed by atoms with Crippen LogP contribution < -0.4 is 0 Å². The van der Waals surface area contributed by atoms with Crippen LogP contribution in [0.25, 0.3) is 44.2 Å². The molecule has 0 bridgehead atoms. The summed E-state index contributed by atoms with van der Waals surface area (Å²) >= 11 is 0. The molecule has 0 aliphatic carbocycles. The lowest BCUT2D eigenvalue weighted by Crippen LogP contribution is -1.75. The molecule has 0 atom stereocenters. The fourth-order valence-electron chi connectivity index (χ4n) is 3.00. The summed E-state index contributed by atoms with van der Waals surface area (Å²) in [6.45, 7) is 0. The van der Waals surface area contributed by atoms with E-state index >= 15 is 0 Å². The van der Waals surface area contributed by atoms with E-state index in [0.29, 0.717) is 0 Å². The number of furan rings is 1. The first-order valence-corrected chi connectivity index (χ1v) is 7.17. The second-order valence-corrected chi connectivity index (χ2v) is 5.31. The van der Waals surface area contributed by atoms with Gasteiger partial charge in [-0.1, -0.05) is 53.7 Å². The zero-order chi connectivity index (χ0) is 14.5. The number of hydrogen-bond acceptors (Lipinski definition) is 3. The predicted octanol–water partition coefficient (Wildman–Crippen LogP) is 5.39. The van der Waals surface area contributed by atoms with Crippen molar-refractivity contribution in [2.45, 2.75) is 0 Å². The van der Waals surface area contributed by atoms with E-state index in [1.54, 1.807) is 0 Å². The molecule has 5 rings (SSSR count). The van der Waals surface area contributed by atoms with E-state index in [-0.39, 0.29) is 0 Å². The molecule has 104 valence electrons. The Kier molecular flexibility index (Phi) is 2.22. The molecule has 0 fully saturated rings. The van der Waals surface area contributed by atoms with Crippen LogP contribution in [0.3, 0.4) is 0 Å². The minimum atomic E-state index is 0.750. The summed E-state index contributed by atoms with van der Waals surface area (Å²) in [5, 5.41) is 7.31. The summed E-state index contributed by atoms with van der Waals surface area (Å²) in [6, 6.07) is 22.1. The van der Waals surface area contributed by atoms with Crippen molar-refractivity contribution < 1.29 is 8.94 Å². The van der Waals surface area contributed by atoms with E-state index in [9.17, 15) is 0 Å². The normalized spacial score (nSPS) is 11.6. The van der Waals surface area contributed by atoms with Gasteiger partial charge in [-0.3, -0.25) is 0 Å². The molecule has 0 N–H and O–H groups in total. The van der Waals surface area contributed by atoms with E-state index in [0.717, 1.165) is 44.2 Å². The minimum Gasteiger partial charge on any atom is -0.455 e. The Morgan fingerprint density at radius 3 is 2.45 bits per heavy atom. The summed E-state index contributed by atoms with van der Waals surface area (Å²) in [7, 11) is 0. The highest BCUT2D eigenvalue weighted by atomic mass is 16.5. The molecule has 0 aliphatic rings. The van der Waals surface area contributed by atoms with Gasteiger partial charge in [0.15, 0.2) is 5.76 Å². The molecular formula is C19H11NO2. The number of rotatable bonds is 1. The number of para-hydroxylation sites is 1. The monoisotopic (exact) mass is 285 g/mol. The van der Waals surface area contributed by atoms with Crippen molar-refractivity contribution in [3.8, 4) is 11.3 Å². The average molecular weight is 285 g/mol. The Morgan fingerprint density at radius 2 is 1.55 bits per heavy atom. The molecule has 2 aromatic heterocycles. The fourth-order valence-corrected chi connectivity index (χ4v) is 3.00. The largest absolute Gasteiger partial charge is 0.455 e. The van der Waals surface area contributed by atoms with Crippen LogP contribution in [0.1, 0.15) is 0 Å². The standard InChI is InChI=1S/C19H11NO2/c1-2-6-12(7-3-1)18-17-15(20-22-18)11-10-14-13-8-4-5-9-16(13)21-19(14)17/h1-11H. The topological polar surface area (TPSA) is 39.2 Å². The lowest BCUT2D eigenvalue weighted by molar-refractivity contribution is 0.441. The summed E-state index contributed by atoms with van der Waals surface area (Å²) in [5.74, 6) is 0.750. The average Bonchev–Trinajstić information content (AvgIpc) is 3.16. The van der Waals surface area contributed by atoms with Gasteiger partial charge in [-0.2, -0.15) is 0 Å². The first kappa shape index (κ1) is 11.6. The van der Waals surface area contributed by atoms with Crippen LogP contribution in [0.2, 0.25) is 0 Å². The van der Waals surface area contributed by atoms with E-state index < -0.39 is 0 Å². The van der Waals surface area contributed by atoms with Gasteiger partial charge in [0.2, 0.25) is 0 Å². The molecular weight excluding hydrogens is 274 g/mol. The highest BCUT2D eigenvalue weighted by molar-refractivity contribution is 6.17. The molecule has 0 amide bonds. The molecule has 0 saturated heterocycles. The smallest absolute Gasteiger partial charge is 0.178 e. The van der Waals surface area contributed by atoms with Crippen LogP contribution in [0.4, 0.5) is 0 Å². The molecule has 0 radical (unpaired) electrons. The first-order chi connectivity index (χ1) is 10.9. The Balaban J connectivity index is 1.97. The number of hydrogen-bond donors (Lipinski definition) is 0. The third kappa shape index (κ3) is 1.48. The van der Waals surface area contributed by atoms with Crippen LogP contribution >= 0.6 is 0 Å². The number of benzene rings is 3. The van der Waals surface area contributed by atoms with E-state index in [2.05, 4.69) is 11.2 Å². The summed E-state index contributed by atoms with van der Waals surface area (Å²) in [6.07, 6.45) is 0. The zero-order valence-electron chi connectivity index (χ0n) is 11.6. The van der Waals surface area contributed by atoms with Crippen LogP contribution in [0.15, 0.2) is 75.7 Å². The molecule has 0 unspecified atom stereocenters. The van der Waals surface area contributed by atoms with Gasteiger partial charge >= 0.3 is 0 Å². The van der Waals surface area contributed by atoms with E-state index in [1.807, 2.05) is 60.7 Å². The van der Waals surface area contributed by atoms with Gasteiger partial charge in [0, 0.05) is 16.3 Å². The third-order valence-corrected chi connectivity index (χ3v) is 4.02. The molecule has 3 aromatic carbocycles. The van der Waals surface area contributed by atoms with Crippen molar-refractivity contribution in [1.82, 2.24) is 5.16 Å². The SMILES string of the molecule is c1ccc(-c2onc3ccc4c5ccccc5oc4c23)cc1. The quantitative estimate of drug-likeness (QED) is 0.414. The first-order valence-electron chi connectivity index (χ1n) is 7.17. The summed E-state index contributed by atoms with van der Waals surface area (Å²) < 4.78 is 11.7. The van der Waals surface area contributed by atoms with Crippen molar-refractivity contribution in [3.05, 3.63) is 66.7 Å². The molecule has 5 aromatic rings. The highest BCUT2D eigenvalue weighted by Gasteiger charge is 2.17. The van der Waals surface area contributed by atoms with Gasteiger partial charge in [-0.25, -0.2) is 0 Å². The summed E-state index contributed by atoms with van der Waals surface area (Å²) in [5.41, 5.74) is 3.52. The predicted molar refractivity (Wildman–Crippen MR) is 86.7 cm³/mol. The van der Waals surface area contributed by atoms with Gasteiger partial charge in [-0.15, -0.1) is 0 Å². The maximum Gasteiger partial charge on any atom is 0.178 e. The maximum absolute atomic E-state index is 6.09. The lowest BCUT2D eigenvalue weighted by Gasteiger charge is -1.96. The van der Waals surface area contributed by atoms with Crippen molar-refractivity contribution in [3.63, 3.8) is 0 Å². The second-order valence-electron chi connectivity index (χ2n) is 5.31. The molecule has 3 heteroatoms. The Bertz CT molecular complexity index is 1120. The van der Waals surface area contributed by atoms with Gasteiger partial charge in [0.05, 0.1) is 5.39 Å². The number of aromatic nitrogens is 1. The van der Waals surface area contributed by atoms with Crippen LogP contribution in [-0.4, -0.2) is 5.16 Å². The number of fused-ring (bicyclic) bond motifs is 5. The Morgan fingerprint density at radius 1 is 0.727 bits per heavy atom. The van der Waals surface area contributed by atoms with Gasteiger partial charge in [0.1, 0.15) is 16.7 Å².